The summed E-state index contributed by atoms with van der Waals surface area (Å²) in [6, 6.07) is 22.6. The second-order valence-corrected chi connectivity index (χ2v) is 9.82. The van der Waals surface area contributed by atoms with Crippen molar-refractivity contribution in [1.82, 2.24) is 0 Å². The molecule has 34 heavy (non-hydrogen) atoms. The summed E-state index contributed by atoms with van der Waals surface area (Å²) in [7, 11) is 3.23. The molecule has 0 fully saturated rings. The van der Waals surface area contributed by atoms with E-state index in [9.17, 15) is 4.79 Å². The quantitative estimate of drug-likeness (QED) is 0.410. The number of carbonyl (C=O) groups excluding carboxylic acids is 1. The Labute approximate surface area is 202 Å². The van der Waals surface area contributed by atoms with E-state index in [0.29, 0.717) is 11.5 Å². The first-order valence-corrected chi connectivity index (χ1v) is 11.6. The number of fused-ring (bicyclic) bond motifs is 1. The van der Waals surface area contributed by atoms with Crippen molar-refractivity contribution >= 4 is 17.7 Å². The summed E-state index contributed by atoms with van der Waals surface area (Å²) in [6.07, 6.45) is 4.26. The molecule has 4 nitrogen and oxygen atoms in total. The number of carbonyl (C=O) groups is 1. The van der Waals surface area contributed by atoms with Gasteiger partial charge in [-0.2, -0.15) is 0 Å². The molecule has 1 aliphatic rings. The van der Waals surface area contributed by atoms with Crippen LogP contribution in [0.4, 0.5) is 5.69 Å². The van der Waals surface area contributed by atoms with Crippen LogP contribution in [0.15, 0.2) is 72.8 Å². The Balaban J connectivity index is 1.74. The molecule has 1 aliphatic heterocycles. The van der Waals surface area contributed by atoms with E-state index < -0.39 is 0 Å². The van der Waals surface area contributed by atoms with E-state index in [4.69, 9.17) is 9.47 Å². The molecule has 4 heteroatoms. The number of benzene rings is 3. The van der Waals surface area contributed by atoms with Gasteiger partial charge in [-0.1, -0.05) is 55.0 Å². The van der Waals surface area contributed by atoms with Crippen LogP contribution in [0.2, 0.25) is 0 Å². The smallest absolute Gasteiger partial charge is 0.251 e. The van der Waals surface area contributed by atoms with Crippen LogP contribution in [0.5, 0.6) is 11.5 Å². The Morgan fingerprint density at radius 2 is 1.65 bits per heavy atom. The number of ether oxygens (including phenoxy) is 2. The predicted octanol–water partition coefficient (Wildman–Crippen LogP) is 6.55. The van der Waals surface area contributed by atoms with E-state index in [-0.39, 0.29) is 16.9 Å². The van der Waals surface area contributed by atoms with Crippen LogP contribution in [-0.2, 0) is 10.2 Å². The highest BCUT2D eigenvalue weighted by atomic mass is 16.5. The number of para-hydroxylation sites is 1. The lowest BCUT2D eigenvalue weighted by atomic mass is 9.65. The van der Waals surface area contributed by atoms with Crippen molar-refractivity contribution in [2.45, 2.75) is 45.1 Å². The lowest BCUT2D eigenvalue weighted by Crippen LogP contribution is -2.55. The molecular formula is C30H33NO3. The Morgan fingerprint density at radius 1 is 0.941 bits per heavy atom. The molecule has 1 atom stereocenters. The molecule has 0 aliphatic carbocycles. The fraction of sp³-hybridized carbons (Fsp3) is 0.300. The molecule has 0 N–H and O–H groups in total. The van der Waals surface area contributed by atoms with Gasteiger partial charge in [0.15, 0.2) is 0 Å². The van der Waals surface area contributed by atoms with Gasteiger partial charge in [0.2, 0.25) is 0 Å². The van der Waals surface area contributed by atoms with E-state index in [0.717, 1.165) is 17.7 Å². The molecule has 0 unspecified atom stereocenters. The summed E-state index contributed by atoms with van der Waals surface area (Å²) in [5, 5.41) is 0. The van der Waals surface area contributed by atoms with Gasteiger partial charge in [-0.15, -0.1) is 0 Å². The normalized spacial score (nSPS) is 19.1. The van der Waals surface area contributed by atoms with E-state index in [1.54, 1.807) is 20.3 Å². The Kier molecular flexibility index (Phi) is 6.26. The first-order chi connectivity index (χ1) is 16.2. The summed E-state index contributed by atoms with van der Waals surface area (Å²) in [5.41, 5.74) is 4.87. The minimum atomic E-state index is -0.389. The van der Waals surface area contributed by atoms with Crippen LogP contribution in [0, 0.1) is 6.92 Å². The maximum atomic E-state index is 13.6. The van der Waals surface area contributed by atoms with Gasteiger partial charge in [-0.25, -0.2) is 0 Å². The molecule has 1 amide bonds. The zero-order valence-corrected chi connectivity index (χ0v) is 20.9. The van der Waals surface area contributed by atoms with Crippen molar-refractivity contribution in [3.63, 3.8) is 0 Å². The van der Waals surface area contributed by atoms with Gasteiger partial charge in [0, 0.05) is 34.3 Å². The van der Waals surface area contributed by atoms with Gasteiger partial charge in [-0.3, -0.25) is 4.79 Å². The van der Waals surface area contributed by atoms with Gasteiger partial charge < -0.3 is 14.4 Å². The van der Waals surface area contributed by atoms with Gasteiger partial charge in [-0.05, 0) is 62.6 Å². The van der Waals surface area contributed by atoms with Crippen LogP contribution >= 0.6 is 0 Å². The highest BCUT2D eigenvalue weighted by Crippen LogP contribution is 2.50. The fourth-order valence-electron chi connectivity index (χ4n) is 5.29. The molecule has 0 radical (unpaired) electrons. The number of hydrogen-bond acceptors (Lipinski definition) is 3. The van der Waals surface area contributed by atoms with Gasteiger partial charge >= 0.3 is 0 Å². The van der Waals surface area contributed by atoms with E-state index in [1.807, 2.05) is 35.2 Å². The van der Waals surface area contributed by atoms with Crippen molar-refractivity contribution in [3.05, 3.63) is 95.1 Å². The van der Waals surface area contributed by atoms with E-state index >= 15 is 0 Å². The van der Waals surface area contributed by atoms with Crippen LogP contribution in [0.25, 0.3) is 6.08 Å². The molecule has 3 aromatic rings. The van der Waals surface area contributed by atoms with Gasteiger partial charge in [0.1, 0.15) is 11.5 Å². The second kappa shape index (κ2) is 9.02. The third kappa shape index (κ3) is 4.21. The minimum absolute atomic E-state index is 0.0544. The molecular weight excluding hydrogens is 422 g/mol. The molecule has 0 saturated heterocycles. The first-order valence-electron chi connectivity index (χ1n) is 11.6. The largest absolute Gasteiger partial charge is 0.497 e. The standard InChI is InChI=1S/C30H33NO3/c1-21-11-15-23(16-12-21)30(4)20-29(2,3)31(26-10-8-7-9-25(26)30)28(32)18-14-22-13-17-24(33-5)19-27(22)34-6/h7-19H,20H2,1-6H3/b18-14+/t30-/m0/s1. The molecule has 3 aromatic carbocycles. The van der Waals surface area contributed by atoms with Crippen molar-refractivity contribution in [3.8, 4) is 11.5 Å². The molecule has 1 heterocycles. The molecule has 0 bridgehead atoms. The van der Waals surface area contributed by atoms with Crippen molar-refractivity contribution in [2.75, 3.05) is 19.1 Å². The van der Waals surface area contributed by atoms with E-state index in [1.165, 1.54) is 16.7 Å². The Morgan fingerprint density at radius 3 is 2.32 bits per heavy atom. The maximum Gasteiger partial charge on any atom is 0.251 e. The number of methoxy groups -OCH3 is 2. The minimum Gasteiger partial charge on any atom is -0.497 e. The molecule has 0 spiro atoms. The van der Waals surface area contributed by atoms with Crippen molar-refractivity contribution < 1.29 is 14.3 Å². The number of anilines is 1. The Bertz CT molecular complexity index is 1230. The van der Waals surface area contributed by atoms with Gasteiger partial charge in [0.05, 0.1) is 14.2 Å². The lowest BCUT2D eigenvalue weighted by molar-refractivity contribution is -0.115. The lowest BCUT2D eigenvalue weighted by Gasteiger charge is -2.51. The Hall–Kier alpha value is -3.53. The van der Waals surface area contributed by atoms with Gasteiger partial charge in [0.25, 0.3) is 5.91 Å². The maximum absolute atomic E-state index is 13.6. The zero-order valence-electron chi connectivity index (χ0n) is 20.9. The van der Waals surface area contributed by atoms with Crippen LogP contribution in [0.3, 0.4) is 0 Å². The summed E-state index contributed by atoms with van der Waals surface area (Å²) in [6.45, 7) is 8.69. The molecule has 0 saturated carbocycles. The average Bonchev–Trinajstić information content (AvgIpc) is 2.82. The third-order valence-corrected chi connectivity index (χ3v) is 6.89. The molecule has 176 valence electrons. The molecule has 0 aromatic heterocycles. The summed E-state index contributed by atoms with van der Waals surface area (Å²) in [4.78, 5) is 15.6. The van der Waals surface area contributed by atoms with E-state index in [2.05, 4.69) is 70.2 Å². The monoisotopic (exact) mass is 455 g/mol. The average molecular weight is 456 g/mol. The molecule has 4 rings (SSSR count). The SMILES string of the molecule is COc1ccc(/C=C/C(=O)N2c3ccccc3[C@](C)(c3ccc(C)cc3)CC2(C)C)c(OC)c1. The number of rotatable bonds is 5. The number of aryl methyl sites for hydroxylation is 1. The topological polar surface area (TPSA) is 38.8 Å². The highest BCUT2D eigenvalue weighted by Gasteiger charge is 2.47. The predicted molar refractivity (Wildman–Crippen MR) is 139 cm³/mol. The first kappa shape index (κ1) is 23.6. The zero-order chi connectivity index (χ0) is 24.5. The van der Waals surface area contributed by atoms with Crippen molar-refractivity contribution in [2.24, 2.45) is 0 Å². The van der Waals surface area contributed by atoms with Crippen LogP contribution in [-0.4, -0.2) is 25.7 Å². The number of nitrogens with zero attached hydrogens (tertiary/aromatic N) is 1. The number of amides is 1. The summed E-state index contributed by atoms with van der Waals surface area (Å²) < 4.78 is 10.8. The van der Waals surface area contributed by atoms with Crippen molar-refractivity contribution in [1.29, 1.82) is 0 Å². The summed E-state index contributed by atoms with van der Waals surface area (Å²) >= 11 is 0. The summed E-state index contributed by atoms with van der Waals surface area (Å²) in [5.74, 6) is 1.32. The second-order valence-electron chi connectivity index (χ2n) is 9.82. The van der Waals surface area contributed by atoms with Crippen LogP contribution in [0.1, 0.15) is 49.4 Å². The van der Waals surface area contributed by atoms with Crippen LogP contribution < -0.4 is 14.4 Å². The highest BCUT2D eigenvalue weighted by molar-refractivity contribution is 6.06. The number of hydrogen-bond donors (Lipinski definition) is 0. The third-order valence-electron chi connectivity index (χ3n) is 6.89. The fourth-order valence-corrected chi connectivity index (χ4v) is 5.29.